The molecule has 0 unspecified atom stereocenters. The van der Waals surface area contributed by atoms with Crippen molar-refractivity contribution in [1.82, 2.24) is 14.8 Å². The van der Waals surface area contributed by atoms with Crippen LogP contribution in [0.1, 0.15) is 38.8 Å². The Labute approximate surface area is 140 Å². The Hall–Kier alpha value is -1.63. The van der Waals surface area contributed by atoms with Crippen LogP contribution in [0, 0.1) is 11.8 Å². The van der Waals surface area contributed by atoms with E-state index in [-0.39, 0.29) is 17.9 Å². The van der Waals surface area contributed by atoms with E-state index in [4.69, 9.17) is 0 Å². The van der Waals surface area contributed by atoms with Gasteiger partial charge in [-0.2, -0.15) is 0 Å². The van der Waals surface area contributed by atoms with Crippen LogP contribution in [0.25, 0.3) is 0 Å². The summed E-state index contributed by atoms with van der Waals surface area (Å²) in [5.41, 5.74) is 0.999. The first-order chi connectivity index (χ1) is 11.0. The lowest BCUT2D eigenvalue weighted by Gasteiger charge is -2.34. The number of thiazole rings is 1. The lowest BCUT2D eigenvalue weighted by Crippen LogP contribution is -2.52. The molecular weight excluding hydrogens is 312 g/mol. The van der Waals surface area contributed by atoms with Gasteiger partial charge in [0.15, 0.2) is 5.13 Å². The summed E-state index contributed by atoms with van der Waals surface area (Å²) >= 11 is 1.45. The molecule has 2 heterocycles. The number of piperazine rings is 1. The van der Waals surface area contributed by atoms with Crippen molar-refractivity contribution in [3.63, 3.8) is 0 Å². The van der Waals surface area contributed by atoms with E-state index in [1.165, 1.54) is 11.3 Å². The second-order valence-corrected chi connectivity index (χ2v) is 7.65. The van der Waals surface area contributed by atoms with Crippen molar-refractivity contribution in [2.75, 3.05) is 31.5 Å². The normalized spacial score (nSPS) is 24.0. The molecule has 1 aliphatic heterocycles. The van der Waals surface area contributed by atoms with Crippen molar-refractivity contribution < 1.29 is 9.59 Å². The molecule has 6 nitrogen and oxygen atoms in total. The lowest BCUT2D eigenvalue weighted by molar-refractivity contribution is -0.134. The summed E-state index contributed by atoms with van der Waals surface area (Å²) in [5.74, 6) is 1.37. The van der Waals surface area contributed by atoms with Crippen LogP contribution in [0.15, 0.2) is 5.38 Å². The van der Waals surface area contributed by atoms with Crippen LogP contribution < -0.4 is 5.32 Å². The molecule has 1 aliphatic carbocycles. The molecule has 0 aromatic carbocycles. The molecule has 3 amide bonds. The van der Waals surface area contributed by atoms with E-state index in [2.05, 4.69) is 31.1 Å². The van der Waals surface area contributed by atoms with Crippen molar-refractivity contribution >= 4 is 28.4 Å². The van der Waals surface area contributed by atoms with Gasteiger partial charge in [0.25, 0.3) is 0 Å². The zero-order valence-corrected chi connectivity index (χ0v) is 14.7. The average molecular weight is 336 g/mol. The first-order valence-corrected chi connectivity index (χ1v) is 9.13. The minimum Gasteiger partial charge on any atom is -0.339 e. The third-order valence-electron chi connectivity index (χ3n) is 4.63. The van der Waals surface area contributed by atoms with Gasteiger partial charge in [-0.15, -0.1) is 11.3 Å². The molecule has 3 rings (SSSR count). The van der Waals surface area contributed by atoms with Gasteiger partial charge in [0.05, 0.1) is 5.69 Å². The zero-order valence-electron chi connectivity index (χ0n) is 13.9. The van der Waals surface area contributed by atoms with E-state index in [1.54, 1.807) is 4.90 Å². The predicted molar refractivity (Wildman–Crippen MR) is 90.6 cm³/mol. The number of amides is 3. The van der Waals surface area contributed by atoms with Crippen LogP contribution >= 0.6 is 11.3 Å². The van der Waals surface area contributed by atoms with Gasteiger partial charge in [-0.3, -0.25) is 10.1 Å². The van der Waals surface area contributed by atoms with Crippen molar-refractivity contribution in [3.05, 3.63) is 11.1 Å². The van der Waals surface area contributed by atoms with Crippen LogP contribution in [0.2, 0.25) is 0 Å². The Morgan fingerprint density at radius 2 is 1.87 bits per heavy atom. The second kappa shape index (κ2) is 6.47. The van der Waals surface area contributed by atoms with E-state index in [1.807, 2.05) is 10.3 Å². The number of carbonyl (C=O) groups is 2. The SMILES string of the molecule is CC(C)c1csc(NC(=O)N2CCN(C(=O)[C@@H]3C[C@@H]3C)CC2)n1. The minimum atomic E-state index is -0.124. The number of anilines is 1. The molecular formula is C16H24N4O2S. The number of hydrogen-bond donors (Lipinski definition) is 1. The minimum absolute atomic E-state index is 0.124. The summed E-state index contributed by atoms with van der Waals surface area (Å²) in [7, 11) is 0. The van der Waals surface area contributed by atoms with Crippen LogP contribution in [0.5, 0.6) is 0 Å². The fourth-order valence-corrected chi connectivity index (χ4v) is 3.67. The maximum atomic E-state index is 12.3. The molecule has 1 saturated heterocycles. The number of nitrogens with zero attached hydrogens (tertiary/aromatic N) is 3. The fourth-order valence-electron chi connectivity index (χ4n) is 2.81. The van der Waals surface area contributed by atoms with Gasteiger partial charge in [-0.25, -0.2) is 9.78 Å². The third-order valence-corrected chi connectivity index (χ3v) is 5.41. The van der Waals surface area contributed by atoms with Crippen molar-refractivity contribution in [2.45, 2.75) is 33.1 Å². The molecule has 7 heteroatoms. The number of aromatic nitrogens is 1. The van der Waals surface area contributed by atoms with E-state index in [9.17, 15) is 9.59 Å². The number of nitrogens with one attached hydrogen (secondary N) is 1. The maximum Gasteiger partial charge on any atom is 0.323 e. The summed E-state index contributed by atoms with van der Waals surface area (Å²) in [4.78, 5) is 32.6. The highest BCUT2D eigenvalue weighted by Gasteiger charge is 2.42. The van der Waals surface area contributed by atoms with Gasteiger partial charge in [0.2, 0.25) is 5.91 Å². The van der Waals surface area contributed by atoms with E-state index in [0.29, 0.717) is 43.1 Å². The smallest absolute Gasteiger partial charge is 0.323 e. The number of hydrogen-bond acceptors (Lipinski definition) is 4. The molecule has 1 saturated carbocycles. The third kappa shape index (κ3) is 3.65. The number of urea groups is 1. The second-order valence-electron chi connectivity index (χ2n) is 6.79. The Bertz CT molecular complexity index is 593. The van der Waals surface area contributed by atoms with E-state index in [0.717, 1.165) is 12.1 Å². The topological polar surface area (TPSA) is 65.5 Å². The molecule has 0 radical (unpaired) electrons. The average Bonchev–Trinajstić information content (AvgIpc) is 3.07. The van der Waals surface area contributed by atoms with Gasteiger partial charge >= 0.3 is 6.03 Å². The highest BCUT2D eigenvalue weighted by Crippen LogP contribution is 2.39. The summed E-state index contributed by atoms with van der Waals surface area (Å²) in [6.45, 7) is 8.71. The van der Waals surface area contributed by atoms with Gasteiger partial charge in [-0.05, 0) is 18.3 Å². The van der Waals surface area contributed by atoms with Crippen LogP contribution in [0.3, 0.4) is 0 Å². The summed E-state index contributed by atoms with van der Waals surface area (Å²) in [5, 5.41) is 5.49. The first kappa shape index (κ1) is 16.2. The highest BCUT2D eigenvalue weighted by molar-refractivity contribution is 7.13. The highest BCUT2D eigenvalue weighted by atomic mass is 32.1. The van der Waals surface area contributed by atoms with Gasteiger partial charge < -0.3 is 9.80 Å². The summed E-state index contributed by atoms with van der Waals surface area (Å²) in [6, 6.07) is -0.124. The van der Waals surface area contributed by atoms with E-state index >= 15 is 0 Å². The maximum absolute atomic E-state index is 12.3. The molecule has 2 aliphatic rings. The molecule has 0 spiro atoms. The molecule has 126 valence electrons. The van der Waals surface area contributed by atoms with Gasteiger partial charge in [0, 0.05) is 37.5 Å². The Morgan fingerprint density at radius 1 is 1.26 bits per heavy atom. The van der Waals surface area contributed by atoms with Crippen LogP contribution in [0.4, 0.5) is 9.93 Å². The summed E-state index contributed by atoms with van der Waals surface area (Å²) in [6.07, 6.45) is 1.02. The standard InChI is InChI=1S/C16H24N4O2S/c1-10(2)13-9-23-15(17-13)18-16(22)20-6-4-19(5-7-20)14(21)12-8-11(12)3/h9-12H,4-8H2,1-3H3,(H,17,18,22)/t11-,12+/m0/s1. The van der Waals surface area contributed by atoms with Gasteiger partial charge in [0.1, 0.15) is 0 Å². The van der Waals surface area contributed by atoms with Crippen LogP contribution in [-0.2, 0) is 4.79 Å². The Morgan fingerprint density at radius 3 is 2.39 bits per heavy atom. The zero-order chi connectivity index (χ0) is 16.6. The molecule has 2 atom stereocenters. The van der Waals surface area contributed by atoms with Crippen molar-refractivity contribution in [2.24, 2.45) is 11.8 Å². The van der Waals surface area contributed by atoms with Crippen molar-refractivity contribution in [3.8, 4) is 0 Å². The van der Waals surface area contributed by atoms with Crippen molar-refractivity contribution in [1.29, 1.82) is 0 Å². The Balaban J connectivity index is 1.48. The molecule has 1 N–H and O–H groups in total. The quantitative estimate of drug-likeness (QED) is 0.923. The fraction of sp³-hybridized carbons (Fsp3) is 0.688. The predicted octanol–water partition coefficient (Wildman–Crippen LogP) is 2.60. The largest absolute Gasteiger partial charge is 0.339 e. The number of carbonyl (C=O) groups excluding carboxylic acids is 2. The number of rotatable bonds is 3. The molecule has 2 fully saturated rings. The molecule has 0 bridgehead atoms. The Kier molecular flexibility index (Phi) is 4.57. The summed E-state index contributed by atoms with van der Waals surface area (Å²) < 4.78 is 0. The van der Waals surface area contributed by atoms with E-state index < -0.39 is 0 Å². The van der Waals surface area contributed by atoms with Crippen LogP contribution in [-0.4, -0.2) is 52.9 Å². The molecule has 1 aromatic heterocycles. The molecule has 23 heavy (non-hydrogen) atoms. The monoisotopic (exact) mass is 336 g/mol. The first-order valence-electron chi connectivity index (χ1n) is 8.26. The van der Waals surface area contributed by atoms with Gasteiger partial charge in [-0.1, -0.05) is 20.8 Å². The lowest BCUT2D eigenvalue weighted by atomic mass is 10.2. The molecule has 1 aromatic rings.